The number of aromatic amines is 1. The number of halogens is 1. The van der Waals surface area contributed by atoms with E-state index >= 15 is 0 Å². The molecule has 0 unspecified atom stereocenters. The highest BCUT2D eigenvalue weighted by atomic mass is 79.9. The van der Waals surface area contributed by atoms with Crippen LogP contribution in [0.3, 0.4) is 0 Å². The first kappa shape index (κ1) is 25.3. The Morgan fingerprint density at radius 2 is 1.82 bits per heavy atom. The summed E-state index contributed by atoms with van der Waals surface area (Å²) in [4.78, 5) is 41.8. The summed E-state index contributed by atoms with van der Waals surface area (Å²) in [7, 11) is 1.25. The SMILES string of the molecule is COC(=O)[C@H](Cc1c[nH]c2ccccc12)NC(=O)c1cc(=O)c2c(OCc3ccccc3Br)cccc2o1. The highest BCUT2D eigenvalue weighted by Gasteiger charge is 2.25. The first-order valence-corrected chi connectivity index (χ1v) is 12.6. The van der Waals surface area contributed by atoms with E-state index < -0.39 is 23.3 Å². The van der Waals surface area contributed by atoms with E-state index in [-0.39, 0.29) is 29.8 Å². The molecule has 3 aromatic carbocycles. The molecule has 9 heteroatoms. The topological polar surface area (TPSA) is 111 Å². The number of para-hydroxylation sites is 1. The number of carbonyl (C=O) groups is 2. The van der Waals surface area contributed by atoms with Crippen LogP contribution in [-0.2, 0) is 22.6 Å². The number of ether oxygens (including phenoxy) is 2. The Kier molecular flexibility index (Phi) is 7.28. The molecule has 192 valence electrons. The number of aromatic nitrogens is 1. The summed E-state index contributed by atoms with van der Waals surface area (Å²) in [5, 5.41) is 3.80. The van der Waals surface area contributed by atoms with Crippen molar-refractivity contribution in [3.05, 3.63) is 111 Å². The minimum Gasteiger partial charge on any atom is -0.488 e. The number of methoxy groups -OCH3 is 1. The van der Waals surface area contributed by atoms with Gasteiger partial charge in [0.25, 0.3) is 5.91 Å². The van der Waals surface area contributed by atoms with Gasteiger partial charge in [-0.2, -0.15) is 0 Å². The lowest BCUT2D eigenvalue weighted by Crippen LogP contribution is -2.43. The van der Waals surface area contributed by atoms with E-state index in [9.17, 15) is 14.4 Å². The normalized spacial score (nSPS) is 11.8. The first-order chi connectivity index (χ1) is 18.4. The van der Waals surface area contributed by atoms with Crippen LogP contribution in [0.1, 0.15) is 21.7 Å². The van der Waals surface area contributed by atoms with Gasteiger partial charge in [0.2, 0.25) is 0 Å². The molecule has 0 aliphatic heterocycles. The molecule has 0 saturated heterocycles. The van der Waals surface area contributed by atoms with Crippen LogP contribution in [0.4, 0.5) is 0 Å². The van der Waals surface area contributed by atoms with Crippen molar-refractivity contribution in [3.8, 4) is 5.75 Å². The molecule has 2 heterocycles. The van der Waals surface area contributed by atoms with Gasteiger partial charge in [-0.15, -0.1) is 0 Å². The summed E-state index contributed by atoms with van der Waals surface area (Å²) in [6.07, 6.45) is 1.98. The monoisotopic (exact) mass is 574 g/mol. The molecule has 38 heavy (non-hydrogen) atoms. The van der Waals surface area contributed by atoms with Crippen molar-refractivity contribution >= 4 is 49.7 Å². The average Bonchev–Trinajstić information content (AvgIpc) is 3.34. The van der Waals surface area contributed by atoms with Crippen molar-refractivity contribution in [3.63, 3.8) is 0 Å². The Morgan fingerprint density at radius 1 is 1.03 bits per heavy atom. The second-order valence-corrected chi connectivity index (χ2v) is 9.45. The third-order valence-electron chi connectivity index (χ3n) is 6.17. The average molecular weight is 575 g/mol. The Hall–Kier alpha value is -4.37. The van der Waals surface area contributed by atoms with Gasteiger partial charge in [-0.25, -0.2) is 4.79 Å². The standard InChI is InChI=1S/C29H23BrN2O6/c1-36-29(35)22(13-18-15-31-21-10-5-3-8-19(18)21)32-28(34)26-14-23(33)27-24(11-6-12-25(27)38-26)37-16-17-7-2-4-9-20(17)30/h2-12,14-15,22,31H,13,16H2,1H3,(H,32,34)/t22-/m0/s1. The first-order valence-electron chi connectivity index (χ1n) is 11.8. The molecule has 5 rings (SSSR count). The van der Waals surface area contributed by atoms with E-state index in [1.54, 1.807) is 24.4 Å². The van der Waals surface area contributed by atoms with Crippen molar-refractivity contribution in [1.82, 2.24) is 10.3 Å². The number of amides is 1. The van der Waals surface area contributed by atoms with Gasteiger partial charge in [0.1, 0.15) is 29.4 Å². The molecule has 5 aromatic rings. The summed E-state index contributed by atoms with van der Waals surface area (Å²) >= 11 is 3.49. The zero-order valence-corrected chi connectivity index (χ0v) is 21.9. The maximum absolute atomic E-state index is 13.1. The molecule has 0 aliphatic carbocycles. The third-order valence-corrected chi connectivity index (χ3v) is 6.94. The minimum absolute atomic E-state index is 0.188. The Morgan fingerprint density at radius 3 is 2.63 bits per heavy atom. The molecule has 0 bridgehead atoms. The lowest BCUT2D eigenvalue weighted by Gasteiger charge is -2.16. The number of nitrogens with one attached hydrogen (secondary N) is 2. The van der Waals surface area contributed by atoms with Gasteiger partial charge in [0.15, 0.2) is 11.2 Å². The maximum Gasteiger partial charge on any atom is 0.328 e. The molecule has 0 spiro atoms. The summed E-state index contributed by atoms with van der Waals surface area (Å²) in [5.41, 5.74) is 2.41. The van der Waals surface area contributed by atoms with E-state index in [1.807, 2.05) is 48.5 Å². The lowest BCUT2D eigenvalue weighted by atomic mass is 10.0. The van der Waals surface area contributed by atoms with E-state index in [4.69, 9.17) is 13.9 Å². The van der Waals surface area contributed by atoms with E-state index in [2.05, 4.69) is 26.2 Å². The van der Waals surface area contributed by atoms with Gasteiger partial charge < -0.3 is 24.2 Å². The summed E-state index contributed by atoms with van der Waals surface area (Å²) in [6.45, 7) is 0.233. The number of H-pyrrole nitrogens is 1. The second-order valence-electron chi connectivity index (χ2n) is 8.60. The van der Waals surface area contributed by atoms with Gasteiger partial charge in [-0.1, -0.05) is 58.4 Å². The van der Waals surface area contributed by atoms with Gasteiger partial charge in [-0.3, -0.25) is 9.59 Å². The van der Waals surface area contributed by atoms with E-state index in [0.717, 1.165) is 32.6 Å². The maximum atomic E-state index is 13.1. The molecule has 0 saturated carbocycles. The molecule has 1 atom stereocenters. The fourth-order valence-electron chi connectivity index (χ4n) is 4.27. The van der Waals surface area contributed by atoms with Crippen LogP contribution in [0.15, 0.2) is 92.7 Å². The van der Waals surface area contributed by atoms with Crippen LogP contribution in [0.2, 0.25) is 0 Å². The van der Waals surface area contributed by atoms with E-state index in [0.29, 0.717) is 5.75 Å². The number of benzene rings is 3. The fraction of sp³-hybridized carbons (Fsp3) is 0.138. The molecule has 2 N–H and O–H groups in total. The van der Waals surface area contributed by atoms with Crippen LogP contribution in [-0.4, -0.2) is 30.0 Å². The fourth-order valence-corrected chi connectivity index (χ4v) is 4.67. The van der Waals surface area contributed by atoms with Crippen molar-refractivity contribution in [2.75, 3.05) is 7.11 Å². The minimum atomic E-state index is -0.994. The van der Waals surface area contributed by atoms with Crippen LogP contribution >= 0.6 is 15.9 Å². The van der Waals surface area contributed by atoms with Gasteiger partial charge in [0, 0.05) is 39.6 Å². The zero-order valence-electron chi connectivity index (χ0n) is 20.3. The molecule has 0 aliphatic rings. The van der Waals surface area contributed by atoms with Crippen molar-refractivity contribution < 1.29 is 23.5 Å². The summed E-state index contributed by atoms with van der Waals surface area (Å²) in [5.74, 6) is -1.21. The zero-order chi connectivity index (χ0) is 26.6. The Balaban J connectivity index is 1.39. The predicted molar refractivity (Wildman–Crippen MR) is 146 cm³/mol. The number of fused-ring (bicyclic) bond motifs is 2. The van der Waals surface area contributed by atoms with Crippen LogP contribution < -0.4 is 15.5 Å². The van der Waals surface area contributed by atoms with Gasteiger partial charge >= 0.3 is 5.97 Å². The van der Waals surface area contributed by atoms with Crippen LogP contribution in [0.5, 0.6) is 5.75 Å². The van der Waals surface area contributed by atoms with Crippen molar-refractivity contribution in [2.45, 2.75) is 19.1 Å². The van der Waals surface area contributed by atoms with Gasteiger partial charge in [0.05, 0.1) is 7.11 Å². The Labute approximate surface area is 225 Å². The van der Waals surface area contributed by atoms with Crippen LogP contribution in [0.25, 0.3) is 21.9 Å². The third kappa shape index (κ3) is 5.19. The molecular weight excluding hydrogens is 552 g/mol. The molecule has 0 radical (unpaired) electrons. The highest BCUT2D eigenvalue weighted by molar-refractivity contribution is 9.10. The largest absolute Gasteiger partial charge is 0.488 e. The quantitative estimate of drug-likeness (QED) is 0.248. The molecule has 1 amide bonds. The number of rotatable bonds is 8. The summed E-state index contributed by atoms with van der Waals surface area (Å²) < 4.78 is 17.5. The highest BCUT2D eigenvalue weighted by Crippen LogP contribution is 2.26. The number of hydrogen-bond donors (Lipinski definition) is 2. The smallest absolute Gasteiger partial charge is 0.328 e. The number of esters is 1. The molecular formula is C29H23BrN2O6. The molecule has 0 fully saturated rings. The molecule has 2 aromatic heterocycles. The molecule has 8 nitrogen and oxygen atoms in total. The van der Waals surface area contributed by atoms with Gasteiger partial charge in [-0.05, 0) is 29.8 Å². The predicted octanol–water partition coefficient (Wildman–Crippen LogP) is 5.13. The number of hydrogen-bond acceptors (Lipinski definition) is 6. The van der Waals surface area contributed by atoms with Crippen molar-refractivity contribution in [2.24, 2.45) is 0 Å². The number of carbonyl (C=O) groups excluding carboxylic acids is 2. The lowest BCUT2D eigenvalue weighted by molar-refractivity contribution is -0.142. The second kappa shape index (κ2) is 10.9. The van der Waals surface area contributed by atoms with Crippen molar-refractivity contribution in [1.29, 1.82) is 0 Å². The van der Waals surface area contributed by atoms with Crippen LogP contribution in [0, 0.1) is 0 Å². The Bertz CT molecular complexity index is 1710. The summed E-state index contributed by atoms with van der Waals surface area (Å²) in [6, 6.07) is 20.3. The van der Waals surface area contributed by atoms with E-state index in [1.165, 1.54) is 7.11 Å².